The maximum Gasteiger partial charge on any atom is 0.257 e. The van der Waals surface area contributed by atoms with E-state index < -0.39 is 11.6 Å². The van der Waals surface area contributed by atoms with Crippen LogP contribution in [0.3, 0.4) is 0 Å². The maximum atomic E-state index is 14.1. The van der Waals surface area contributed by atoms with E-state index in [0.717, 1.165) is 5.39 Å². The van der Waals surface area contributed by atoms with Crippen molar-refractivity contribution in [3.8, 4) is 33.9 Å². The van der Waals surface area contributed by atoms with Gasteiger partial charge in [0.1, 0.15) is 36.3 Å². The van der Waals surface area contributed by atoms with Gasteiger partial charge in [-0.1, -0.05) is 30.3 Å². The van der Waals surface area contributed by atoms with Crippen LogP contribution in [0.15, 0.2) is 77.6 Å². The molecule has 1 aromatic heterocycles. The van der Waals surface area contributed by atoms with Gasteiger partial charge in [0.25, 0.3) is 5.56 Å². The summed E-state index contributed by atoms with van der Waals surface area (Å²) in [4.78, 5) is 16.4. The molecule has 0 saturated heterocycles. The van der Waals surface area contributed by atoms with Crippen molar-refractivity contribution in [2.45, 2.75) is 0 Å². The van der Waals surface area contributed by atoms with E-state index in [1.165, 1.54) is 30.3 Å². The molecule has 2 heterocycles. The molecule has 1 aliphatic rings. The van der Waals surface area contributed by atoms with Gasteiger partial charge in [-0.3, -0.25) is 4.79 Å². The Morgan fingerprint density at radius 3 is 2.21 bits per heavy atom. The van der Waals surface area contributed by atoms with Crippen LogP contribution in [0.25, 0.3) is 33.2 Å². The van der Waals surface area contributed by atoms with Crippen molar-refractivity contribution in [3.05, 3.63) is 94.8 Å². The minimum atomic E-state index is -0.473. The second-order valence-corrected chi connectivity index (χ2v) is 7.74. The van der Waals surface area contributed by atoms with E-state index in [1.54, 1.807) is 18.2 Å². The first-order chi connectivity index (χ1) is 16.6. The Morgan fingerprint density at radius 1 is 0.735 bits per heavy atom. The highest BCUT2D eigenvalue weighted by atomic mass is 19.1. The Morgan fingerprint density at radius 2 is 1.41 bits per heavy atom. The van der Waals surface area contributed by atoms with Crippen LogP contribution in [0.2, 0.25) is 0 Å². The minimum Gasteiger partial charge on any atom is -0.490 e. The fourth-order valence-corrected chi connectivity index (χ4v) is 4.04. The topological polar surface area (TPSA) is 60.6 Å². The van der Waals surface area contributed by atoms with Gasteiger partial charge in [0.15, 0.2) is 0 Å². The second kappa shape index (κ2) is 9.49. The van der Waals surface area contributed by atoms with Gasteiger partial charge in [0, 0.05) is 28.6 Å². The van der Waals surface area contributed by atoms with E-state index in [-0.39, 0.29) is 31.1 Å². The van der Waals surface area contributed by atoms with E-state index >= 15 is 0 Å². The molecule has 4 aromatic rings. The summed E-state index contributed by atoms with van der Waals surface area (Å²) in [5.74, 6) is -0.376. The molecule has 0 atom stereocenters. The zero-order valence-electron chi connectivity index (χ0n) is 18.1. The van der Waals surface area contributed by atoms with Crippen LogP contribution in [0.4, 0.5) is 8.78 Å². The van der Waals surface area contributed by atoms with Crippen molar-refractivity contribution in [1.82, 2.24) is 4.98 Å². The molecular weight excluding hydrogens is 440 g/mol. The summed E-state index contributed by atoms with van der Waals surface area (Å²) in [5, 5.41) is 1.38. The van der Waals surface area contributed by atoms with Crippen molar-refractivity contribution in [2.24, 2.45) is 0 Å². The van der Waals surface area contributed by atoms with E-state index in [9.17, 15) is 13.6 Å². The normalized spacial score (nSPS) is 15.0. The number of ether oxygens (including phenoxy) is 3. The zero-order chi connectivity index (χ0) is 23.5. The molecular formula is C27H21F2NO4. The first-order valence-corrected chi connectivity index (χ1v) is 10.8. The lowest BCUT2D eigenvalue weighted by Crippen LogP contribution is -2.13. The fourth-order valence-electron chi connectivity index (χ4n) is 4.04. The van der Waals surface area contributed by atoms with Crippen LogP contribution >= 0.6 is 0 Å². The lowest BCUT2D eigenvalue weighted by atomic mass is 9.95. The molecule has 5 rings (SSSR count). The Kier molecular flexibility index (Phi) is 6.10. The highest BCUT2D eigenvalue weighted by Gasteiger charge is 2.20. The Hall–Kier alpha value is -3.97. The van der Waals surface area contributed by atoms with Crippen LogP contribution in [-0.4, -0.2) is 31.4 Å². The summed E-state index contributed by atoms with van der Waals surface area (Å²) in [6.45, 7) is 0.977. The van der Waals surface area contributed by atoms with Crippen LogP contribution in [-0.2, 0) is 4.74 Å². The third kappa shape index (κ3) is 4.30. The van der Waals surface area contributed by atoms with E-state index in [4.69, 9.17) is 14.2 Å². The van der Waals surface area contributed by atoms with Crippen LogP contribution in [0, 0.1) is 11.6 Å². The number of hydrogen-bond acceptors (Lipinski definition) is 4. The third-order valence-corrected chi connectivity index (χ3v) is 5.56. The number of H-pyrrole nitrogens is 1. The predicted octanol–water partition coefficient (Wildman–Crippen LogP) is 5.48. The van der Waals surface area contributed by atoms with Crippen LogP contribution in [0.5, 0.6) is 11.5 Å². The largest absolute Gasteiger partial charge is 0.490 e. The Balaban J connectivity index is 1.79. The van der Waals surface area contributed by atoms with Gasteiger partial charge in [-0.2, -0.15) is 0 Å². The van der Waals surface area contributed by atoms with E-state index in [1.807, 2.05) is 24.3 Å². The molecule has 5 nitrogen and oxygen atoms in total. The molecule has 0 radical (unpaired) electrons. The standard InChI is InChI=1S/C27H21F2NO4/c28-17-7-9-21-23(15-17)34-14-13-32-11-3-4-12-33-24-16-18(29)8-10-22(24)26-20-6-2-1-5-19(20)25(21)27(31)30-26/h1-10,15-16H,11-14H2,(H,30,31)/b4-3+. The summed E-state index contributed by atoms with van der Waals surface area (Å²) in [7, 11) is 0. The Bertz CT molecular complexity index is 1440. The average molecular weight is 461 g/mol. The summed E-state index contributed by atoms with van der Waals surface area (Å²) < 4.78 is 45.3. The summed E-state index contributed by atoms with van der Waals surface area (Å²) in [5.41, 5.74) is 1.48. The molecule has 1 N–H and O–H groups in total. The first-order valence-electron chi connectivity index (χ1n) is 10.8. The molecule has 3 aromatic carbocycles. The summed E-state index contributed by atoms with van der Waals surface area (Å²) in [6.07, 6.45) is 3.55. The van der Waals surface area contributed by atoms with Gasteiger partial charge in [-0.25, -0.2) is 8.78 Å². The van der Waals surface area contributed by atoms with Crippen LogP contribution in [0.1, 0.15) is 0 Å². The molecule has 0 fully saturated rings. The number of pyridine rings is 1. The van der Waals surface area contributed by atoms with Crippen molar-refractivity contribution in [3.63, 3.8) is 0 Å². The number of halogens is 2. The SMILES string of the molecule is O=c1[nH]c2c3ccccc3c1-c1ccc(F)cc1OCCOC/C=C/COc1cc(F)ccc1-2. The van der Waals surface area contributed by atoms with Gasteiger partial charge in [-0.05, 0) is 35.7 Å². The monoisotopic (exact) mass is 461 g/mol. The molecule has 0 amide bonds. The third-order valence-electron chi connectivity index (χ3n) is 5.56. The zero-order valence-corrected chi connectivity index (χ0v) is 18.1. The minimum absolute atomic E-state index is 0.180. The van der Waals surface area contributed by atoms with Gasteiger partial charge in [0.2, 0.25) is 0 Å². The average Bonchev–Trinajstić information content (AvgIpc) is 2.83. The number of benzene rings is 3. The molecule has 172 valence electrons. The van der Waals surface area contributed by atoms with Crippen molar-refractivity contribution >= 4 is 10.8 Å². The smallest absolute Gasteiger partial charge is 0.257 e. The number of nitrogens with one attached hydrogen (secondary N) is 1. The highest BCUT2D eigenvalue weighted by Crippen LogP contribution is 2.38. The van der Waals surface area contributed by atoms with Gasteiger partial charge < -0.3 is 19.2 Å². The van der Waals surface area contributed by atoms with Gasteiger partial charge in [-0.15, -0.1) is 0 Å². The molecule has 34 heavy (non-hydrogen) atoms. The predicted molar refractivity (Wildman–Crippen MR) is 126 cm³/mol. The number of hydrogen-bond donors (Lipinski definition) is 1. The first kappa shape index (κ1) is 21.9. The second-order valence-electron chi connectivity index (χ2n) is 7.74. The van der Waals surface area contributed by atoms with Gasteiger partial charge in [0.05, 0.1) is 24.5 Å². The van der Waals surface area contributed by atoms with Crippen molar-refractivity contribution < 1.29 is 23.0 Å². The lowest BCUT2D eigenvalue weighted by Gasteiger charge is -2.16. The molecule has 0 aliphatic carbocycles. The molecule has 1 aliphatic heterocycles. The molecule has 7 heteroatoms. The molecule has 0 spiro atoms. The van der Waals surface area contributed by atoms with Crippen molar-refractivity contribution in [1.29, 1.82) is 0 Å². The summed E-state index contributed by atoms with van der Waals surface area (Å²) in [6, 6.07) is 15.6. The number of aromatic nitrogens is 1. The number of fused-ring (bicyclic) bond motifs is 4. The number of rotatable bonds is 0. The van der Waals surface area contributed by atoms with Crippen molar-refractivity contribution in [2.75, 3.05) is 26.4 Å². The number of aromatic amines is 1. The summed E-state index contributed by atoms with van der Waals surface area (Å²) >= 11 is 0. The van der Waals surface area contributed by atoms with Gasteiger partial charge >= 0.3 is 0 Å². The molecule has 0 saturated carbocycles. The van der Waals surface area contributed by atoms with E-state index in [0.29, 0.717) is 40.1 Å². The maximum absolute atomic E-state index is 14.1. The molecule has 2 bridgehead atoms. The Labute approximate surface area is 194 Å². The fraction of sp³-hybridized carbons (Fsp3) is 0.148. The molecule has 0 unspecified atom stereocenters. The lowest BCUT2D eigenvalue weighted by molar-refractivity contribution is 0.121. The van der Waals surface area contributed by atoms with Crippen LogP contribution < -0.4 is 15.0 Å². The quantitative estimate of drug-likeness (QED) is 0.352. The van der Waals surface area contributed by atoms with E-state index in [2.05, 4.69) is 4.98 Å². The highest BCUT2D eigenvalue weighted by molar-refractivity contribution is 6.04.